The van der Waals surface area contributed by atoms with E-state index in [9.17, 15) is 13.2 Å². The minimum atomic E-state index is -3.33. The molecule has 1 N–H and O–H groups in total. The molecule has 3 rings (SSSR count). The third-order valence-electron chi connectivity index (χ3n) is 4.61. The lowest BCUT2D eigenvalue weighted by molar-refractivity contribution is 0.0698. The molecule has 156 valence electrons. The Labute approximate surface area is 180 Å². The summed E-state index contributed by atoms with van der Waals surface area (Å²) in [7, 11) is -3.33. The molecule has 1 amide bonds. The number of hydrogen-bond acceptors (Lipinski definition) is 4. The molecule has 0 aromatic heterocycles. The highest BCUT2D eigenvalue weighted by Crippen LogP contribution is 2.26. The number of likely N-dealkylation sites (tertiary alicyclic amines) is 1. The number of ether oxygens (including phenoxy) is 1. The summed E-state index contributed by atoms with van der Waals surface area (Å²) in [5.41, 5.74) is 1.19. The maximum atomic E-state index is 13.1. The van der Waals surface area contributed by atoms with Crippen LogP contribution >= 0.6 is 23.2 Å². The molecule has 0 aliphatic carbocycles. The van der Waals surface area contributed by atoms with Gasteiger partial charge in [-0.05, 0) is 37.1 Å². The summed E-state index contributed by atoms with van der Waals surface area (Å²) in [5.74, 6) is 0.254. The number of amides is 1. The summed E-state index contributed by atoms with van der Waals surface area (Å²) in [5, 5.41) is 1.03. The summed E-state index contributed by atoms with van der Waals surface area (Å²) >= 11 is 12.1. The minimum absolute atomic E-state index is 0.192. The van der Waals surface area contributed by atoms with E-state index in [0.29, 0.717) is 40.9 Å². The lowest BCUT2D eigenvalue weighted by Gasteiger charge is -2.33. The molecule has 0 spiro atoms. The average molecular weight is 457 g/mol. The first kappa shape index (κ1) is 21.9. The number of nitrogens with zero attached hydrogens (tertiary/aromatic N) is 1. The molecule has 0 radical (unpaired) electrons. The lowest BCUT2D eigenvalue weighted by atomic mass is 10.0. The van der Waals surface area contributed by atoms with E-state index in [0.717, 1.165) is 18.2 Å². The molecule has 0 bridgehead atoms. The molecular formula is C20H22Cl2N2O4S. The maximum Gasteiger partial charge on any atom is 0.257 e. The zero-order chi connectivity index (χ0) is 21.0. The fourth-order valence-electron chi connectivity index (χ4n) is 3.29. The van der Waals surface area contributed by atoms with Gasteiger partial charge in [-0.2, -0.15) is 0 Å². The van der Waals surface area contributed by atoms with Crippen molar-refractivity contribution < 1.29 is 17.9 Å². The van der Waals surface area contributed by atoms with Crippen molar-refractivity contribution in [2.24, 2.45) is 0 Å². The topological polar surface area (TPSA) is 75.7 Å². The second-order valence-corrected chi connectivity index (χ2v) is 9.62. The van der Waals surface area contributed by atoms with E-state index < -0.39 is 10.0 Å². The number of halogens is 2. The average Bonchev–Trinajstić information content (AvgIpc) is 2.66. The molecule has 29 heavy (non-hydrogen) atoms. The second kappa shape index (κ2) is 9.34. The Morgan fingerprint density at radius 1 is 1.24 bits per heavy atom. The second-order valence-electron chi connectivity index (χ2n) is 7.00. The van der Waals surface area contributed by atoms with Crippen LogP contribution in [0.2, 0.25) is 10.0 Å². The molecular weight excluding hydrogens is 435 g/mol. The minimum Gasteiger partial charge on any atom is -0.488 e. The van der Waals surface area contributed by atoms with Crippen molar-refractivity contribution in [3.05, 3.63) is 63.6 Å². The molecule has 1 unspecified atom stereocenters. The van der Waals surface area contributed by atoms with E-state index in [-0.39, 0.29) is 18.6 Å². The highest BCUT2D eigenvalue weighted by molar-refractivity contribution is 7.88. The SMILES string of the molecule is CS(=O)(=O)NC1CCCN(C(=O)c2ccccc2OCc2ccc(Cl)cc2Cl)C1. The number of para-hydroxylation sites is 1. The first-order valence-corrected chi connectivity index (χ1v) is 11.8. The smallest absolute Gasteiger partial charge is 0.257 e. The Bertz CT molecular complexity index is 998. The van der Waals surface area contributed by atoms with E-state index in [1.54, 1.807) is 47.4 Å². The van der Waals surface area contributed by atoms with Gasteiger partial charge in [-0.15, -0.1) is 0 Å². The molecule has 2 aromatic rings. The van der Waals surface area contributed by atoms with E-state index in [1.807, 2.05) is 0 Å². The van der Waals surface area contributed by atoms with Crippen LogP contribution in [0.25, 0.3) is 0 Å². The molecule has 0 saturated carbocycles. The van der Waals surface area contributed by atoms with Crippen LogP contribution in [-0.2, 0) is 16.6 Å². The Morgan fingerprint density at radius 3 is 2.72 bits per heavy atom. The van der Waals surface area contributed by atoms with E-state index in [1.165, 1.54) is 0 Å². The van der Waals surface area contributed by atoms with Gasteiger partial charge in [-0.1, -0.05) is 41.4 Å². The number of nitrogens with one attached hydrogen (secondary N) is 1. The van der Waals surface area contributed by atoms with Crippen LogP contribution in [-0.4, -0.2) is 44.6 Å². The highest BCUT2D eigenvalue weighted by atomic mass is 35.5. The van der Waals surface area contributed by atoms with Crippen LogP contribution in [0.1, 0.15) is 28.8 Å². The molecule has 1 aliphatic heterocycles. The van der Waals surface area contributed by atoms with Gasteiger partial charge in [0.15, 0.2) is 0 Å². The largest absolute Gasteiger partial charge is 0.488 e. The number of benzene rings is 2. The summed E-state index contributed by atoms with van der Waals surface area (Å²) in [6, 6.07) is 11.9. The molecule has 9 heteroatoms. The number of hydrogen-bond donors (Lipinski definition) is 1. The van der Waals surface area contributed by atoms with Crippen LogP contribution in [0.15, 0.2) is 42.5 Å². The monoisotopic (exact) mass is 456 g/mol. The lowest BCUT2D eigenvalue weighted by Crippen LogP contribution is -2.49. The third kappa shape index (κ3) is 6.09. The Kier molecular flexibility index (Phi) is 7.05. The first-order valence-electron chi connectivity index (χ1n) is 9.15. The number of carbonyl (C=O) groups is 1. The van der Waals surface area contributed by atoms with Crippen molar-refractivity contribution in [3.63, 3.8) is 0 Å². The number of sulfonamides is 1. The van der Waals surface area contributed by atoms with E-state index in [2.05, 4.69) is 4.72 Å². The van der Waals surface area contributed by atoms with E-state index >= 15 is 0 Å². The maximum absolute atomic E-state index is 13.1. The highest BCUT2D eigenvalue weighted by Gasteiger charge is 2.27. The summed E-state index contributed by atoms with van der Waals surface area (Å²) < 4.78 is 31.5. The molecule has 6 nitrogen and oxygen atoms in total. The predicted octanol–water partition coefficient (Wildman–Crippen LogP) is 3.73. The van der Waals surface area contributed by atoms with Crippen LogP contribution in [0.3, 0.4) is 0 Å². The predicted molar refractivity (Wildman–Crippen MR) is 114 cm³/mol. The normalized spacial score (nSPS) is 17.2. The van der Waals surface area contributed by atoms with Crippen molar-refractivity contribution in [2.75, 3.05) is 19.3 Å². The van der Waals surface area contributed by atoms with Crippen molar-refractivity contribution >= 4 is 39.1 Å². The quantitative estimate of drug-likeness (QED) is 0.718. The van der Waals surface area contributed by atoms with Crippen molar-refractivity contribution in [3.8, 4) is 5.75 Å². The Balaban J connectivity index is 1.73. The van der Waals surface area contributed by atoms with Gasteiger partial charge in [0.1, 0.15) is 12.4 Å². The van der Waals surface area contributed by atoms with Crippen LogP contribution in [0, 0.1) is 0 Å². The van der Waals surface area contributed by atoms with Crippen LogP contribution in [0.5, 0.6) is 5.75 Å². The summed E-state index contributed by atoms with van der Waals surface area (Å²) in [6.45, 7) is 1.08. The third-order valence-corrected chi connectivity index (χ3v) is 5.95. The number of carbonyl (C=O) groups excluding carboxylic acids is 1. The Hall–Kier alpha value is -1.80. The van der Waals surface area contributed by atoms with Crippen LogP contribution in [0.4, 0.5) is 0 Å². The molecule has 2 aromatic carbocycles. The molecule has 1 aliphatic rings. The standard InChI is InChI=1S/C20H22Cl2N2O4S/c1-29(26,27)23-16-5-4-10-24(12-16)20(25)17-6-2-3-7-19(17)28-13-14-8-9-15(21)11-18(14)22/h2-3,6-9,11,16,23H,4-5,10,12-13H2,1H3. The Morgan fingerprint density at radius 2 is 2.00 bits per heavy atom. The van der Waals surface area contributed by atoms with Gasteiger partial charge in [-0.25, -0.2) is 13.1 Å². The van der Waals surface area contributed by atoms with Crippen molar-refractivity contribution in [1.82, 2.24) is 9.62 Å². The van der Waals surface area contributed by atoms with Crippen molar-refractivity contribution in [1.29, 1.82) is 0 Å². The van der Waals surface area contributed by atoms with E-state index in [4.69, 9.17) is 27.9 Å². The van der Waals surface area contributed by atoms with Gasteiger partial charge in [0.2, 0.25) is 10.0 Å². The van der Waals surface area contributed by atoms with Gasteiger partial charge < -0.3 is 9.64 Å². The number of rotatable bonds is 6. The molecule has 1 heterocycles. The molecule has 1 saturated heterocycles. The molecule has 1 atom stereocenters. The fraction of sp³-hybridized carbons (Fsp3) is 0.350. The van der Waals surface area contributed by atoms with Gasteiger partial charge in [-0.3, -0.25) is 4.79 Å². The zero-order valence-electron chi connectivity index (χ0n) is 15.9. The summed E-state index contributed by atoms with van der Waals surface area (Å²) in [4.78, 5) is 14.7. The van der Waals surface area contributed by atoms with Gasteiger partial charge >= 0.3 is 0 Å². The van der Waals surface area contributed by atoms with Gasteiger partial charge in [0.25, 0.3) is 5.91 Å². The molecule has 1 fully saturated rings. The summed E-state index contributed by atoms with van der Waals surface area (Å²) in [6.07, 6.45) is 2.55. The first-order chi connectivity index (χ1) is 13.7. The van der Waals surface area contributed by atoms with Gasteiger partial charge in [0, 0.05) is 34.7 Å². The van der Waals surface area contributed by atoms with Crippen LogP contribution < -0.4 is 9.46 Å². The van der Waals surface area contributed by atoms with Crippen molar-refractivity contribution in [2.45, 2.75) is 25.5 Å². The van der Waals surface area contributed by atoms with Gasteiger partial charge in [0.05, 0.1) is 11.8 Å². The number of piperidine rings is 1. The fourth-order valence-corrected chi connectivity index (χ4v) is 4.56. The zero-order valence-corrected chi connectivity index (χ0v) is 18.2.